The van der Waals surface area contributed by atoms with Gasteiger partial charge in [0.05, 0.1) is 5.70 Å². The lowest BCUT2D eigenvalue weighted by Gasteiger charge is -2.37. The standard InChI is InChI=1S/C19H20N2OS/c1-14(2)21-18(23)20-17(13-15-9-5-3-6-10-15)19(21,22)16-11-7-4-8-12-16/h3-14,22H,1-2H3,(H,20,23)/b17-13-. The first-order chi connectivity index (χ1) is 11.0. The lowest BCUT2D eigenvalue weighted by Crippen LogP contribution is -2.47. The zero-order valence-electron chi connectivity index (χ0n) is 13.2. The Morgan fingerprint density at radius 1 is 1.04 bits per heavy atom. The van der Waals surface area contributed by atoms with Crippen LogP contribution in [0.2, 0.25) is 0 Å². The maximum atomic E-state index is 11.6. The summed E-state index contributed by atoms with van der Waals surface area (Å²) in [5.41, 5.74) is 1.19. The Hall–Kier alpha value is -2.17. The number of nitrogens with zero attached hydrogens (tertiary/aromatic N) is 1. The van der Waals surface area contributed by atoms with E-state index in [4.69, 9.17) is 12.2 Å². The SMILES string of the molecule is CC(C)N1C(=S)N/C(=C\c2ccccc2)C1(O)c1ccccc1. The fraction of sp³-hybridized carbons (Fsp3) is 0.211. The van der Waals surface area contributed by atoms with E-state index < -0.39 is 5.72 Å². The molecule has 0 spiro atoms. The molecule has 0 radical (unpaired) electrons. The molecule has 1 saturated heterocycles. The van der Waals surface area contributed by atoms with Crippen LogP contribution in [0.15, 0.2) is 66.4 Å². The number of benzene rings is 2. The van der Waals surface area contributed by atoms with Crippen molar-refractivity contribution in [3.8, 4) is 0 Å². The average molecular weight is 324 g/mol. The van der Waals surface area contributed by atoms with E-state index in [1.807, 2.05) is 85.5 Å². The minimum atomic E-state index is -1.29. The summed E-state index contributed by atoms with van der Waals surface area (Å²) in [4.78, 5) is 1.84. The highest BCUT2D eigenvalue weighted by atomic mass is 32.1. The van der Waals surface area contributed by atoms with Crippen molar-refractivity contribution in [3.63, 3.8) is 0 Å². The molecule has 23 heavy (non-hydrogen) atoms. The summed E-state index contributed by atoms with van der Waals surface area (Å²) in [6.07, 6.45) is 1.95. The van der Waals surface area contributed by atoms with Gasteiger partial charge < -0.3 is 15.3 Å². The van der Waals surface area contributed by atoms with E-state index in [0.717, 1.165) is 11.1 Å². The molecule has 0 aliphatic carbocycles. The average Bonchev–Trinajstić information content (AvgIpc) is 2.81. The Kier molecular flexibility index (Phi) is 4.20. The van der Waals surface area contributed by atoms with Crippen molar-refractivity contribution >= 4 is 23.4 Å². The molecule has 1 heterocycles. The van der Waals surface area contributed by atoms with Crippen LogP contribution in [0, 0.1) is 0 Å². The summed E-state index contributed by atoms with van der Waals surface area (Å²) in [5, 5.41) is 15.3. The topological polar surface area (TPSA) is 35.5 Å². The van der Waals surface area contributed by atoms with Gasteiger partial charge in [0.25, 0.3) is 0 Å². The van der Waals surface area contributed by atoms with E-state index in [2.05, 4.69) is 5.32 Å². The van der Waals surface area contributed by atoms with E-state index in [9.17, 15) is 5.11 Å². The fourth-order valence-corrected chi connectivity index (χ4v) is 3.42. The summed E-state index contributed by atoms with van der Waals surface area (Å²) < 4.78 is 0. The van der Waals surface area contributed by atoms with Crippen molar-refractivity contribution < 1.29 is 5.11 Å². The van der Waals surface area contributed by atoms with Crippen molar-refractivity contribution in [2.24, 2.45) is 0 Å². The van der Waals surface area contributed by atoms with Gasteiger partial charge in [-0.15, -0.1) is 0 Å². The molecule has 0 amide bonds. The van der Waals surface area contributed by atoms with Crippen molar-refractivity contribution in [1.29, 1.82) is 0 Å². The molecule has 3 rings (SSSR count). The van der Waals surface area contributed by atoms with E-state index in [-0.39, 0.29) is 6.04 Å². The number of hydrogen-bond acceptors (Lipinski definition) is 2. The molecule has 3 nitrogen and oxygen atoms in total. The first kappa shape index (κ1) is 15.7. The number of thiocarbonyl (C=S) groups is 1. The largest absolute Gasteiger partial charge is 0.362 e. The van der Waals surface area contributed by atoms with Crippen molar-refractivity contribution in [2.45, 2.75) is 25.6 Å². The highest BCUT2D eigenvalue weighted by molar-refractivity contribution is 7.80. The Bertz CT molecular complexity index is 728. The third kappa shape index (κ3) is 2.76. The fourth-order valence-electron chi connectivity index (χ4n) is 2.97. The van der Waals surface area contributed by atoms with Crippen LogP contribution in [0.3, 0.4) is 0 Å². The van der Waals surface area contributed by atoms with Gasteiger partial charge in [0, 0.05) is 11.6 Å². The molecule has 0 aromatic heterocycles. The molecule has 0 saturated carbocycles. The predicted molar refractivity (Wildman–Crippen MR) is 97.5 cm³/mol. The molecule has 2 aromatic carbocycles. The number of nitrogens with one attached hydrogen (secondary N) is 1. The van der Waals surface area contributed by atoms with E-state index in [0.29, 0.717) is 10.8 Å². The lowest BCUT2D eigenvalue weighted by atomic mass is 9.96. The molecular formula is C19H20N2OS. The van der Waals surface area contributed by atoms with Gasteiger partial charge in [0.15, 0.2) is 5.11 Å². The molecule has 1 fully saturated rings. The Labute approximate surface area is 142 Å². The molecule has 1 aliphatic heterocycles. The maximum Gasteiger partial charge on any atom is 0.208 e. The summed E-state index contributed by atoms with van der Waals surface area (Å²) in [6, 6.07) is 19.6. The van der Waals surface area contributed by atoms with Gasteiger partial charge in [-0.3, -0.25) is 0 Å². The second kappa shape index (κ2) is 6.14. The van der Waals surface area contributed by atoms with Crippen LogP contribution in [0.4, 0.5) is 0 Å². The molecule has 118 valence electrons. The smallest absolute Gasteiger partial charge is 0.208 e. The molecule has 4 heteroatoms. The molecule has 0 bridgehead atoms. The highest BCUT2D eigenvalue weighted by Gasteiger charge is 2.48. The second-order valence-electron chi connectivity index (χ2n) is 5.90. The van der Waals surface area contributed by atoms with Gasteiger partial charge in [-0.25, -0.2) is 0 Å². The van der Waals surface area contributed by atoms with Crippen LogP contribution in [0.25, 0.3) is 6.08 Å². The van der Waals surface area contributed by atoms with Crippen LogP contribution in [-0.4, -0.2) is 21.2 Å². The van der Waals surface area contributed by atoms with Crippen molar-refractivity contribution in [1.82, 2.24) is 10.2 Å². The van der Waals surface area contributed by atoms with E-state index >= 15 is 0 Å². The zero-order chi connectivity index (χ0) is 16.4. The minimum Gasteiger partial charge on any atom is -0.362 e. The van der Waals surface area contributed by atoms with Gasteiger partial charge >= 0.3 is 0 Å². The van der Waals surface area contributed by atoms with Crippen LogP contribution >= 0.6 is 12.2 Å². The molecule has 2 aromatic rings. The highest BCUT2D eigenvalue weighted by Crippen LogP contribution is 2.39. The summed E-state index contributed by atoms with van der Waals surface area (Å²) in [6.45, 7) is 4.04. The second-order valence-corrected chi connectivity index (χ2v) is 6.29. The summed E-state index contributed by atoms with van der Waals surface area (Å²) in [7, 11) is 0. The molecule has 2 N–H and O–H groups in total. The zero-order valence-corrected chi connectivity index (χ0v) is 14.0. The van der Waals surface area contributed by atoms with Crippen LogP contribution in [0.5, 0.6) is 0 Å². The third-order valence-corrected chi connectivity index (χ3v) is 4.29. The quantitative estimate of drug-likeness (QED) is 0.848. The van der Waals surface area contributed by atoms with Crippen molar-refractivity contribution in [2.75, 3.05) is 0 Å². The van der Waals surface area contributed by atoms with Gasteiger partial charge in [-0.2, -0.15) is 0 Å². The molecule has 1 atom stereocenters. The Morgan fingerprint density at radius 2 is 1.61 bits per heavy atom. The van der Waals surface area contributed by atoms with Crippen LogP contribution < -0.4 is 5.32 Å². The first-order valence-electron chi connectivity index (χ1n) is 7.69. The van der Waals surface area contributed by atoms with Crippen LogP contribution in [0.1, 0.15) is 25.0 Å². The number of rotatable bonds is 3. The number of hydrogen-bond donors (Lipinski definition) is 2. The first-order valence-corrected chi connectivity index (χ1v) is 8.09. The van der Waals surface area contributed by atoms with Gasteiger partial charge in [0.2, 0.25) is 5.72 Å². The molecule has 1 aliphatic rings. The predicted octanol–water partition coefficient (Wildman–Crippen LogP) is 3.47. The van der Waals surface area contributed by atoms with E-state index in [1.165, 1.54) is 0 Å². The van der Waals surface area contributed by atoms with Gasteiger partial charge in [0.1, 0.15) is 0 Å². The summed E-state index contributed by atoms with van der Waals surface area (Å²) in [5.74, 6) is 0. The molecular weight excluding hydrogens is 304 g/mol. The Morgan fingerprint density at radius 3 is 2.17 bits per heavy atom. The third-order valence-electron chi connectivity index (χ3n) is 3.99. The lowest BCUT2D eigenvalue weighted by molar-refractivity contribution is -0.0425. The minimum absolute atomic E-state index is 0.0573. The Balaban J connectivity index is 2.15. The van der Waals surface area contributed by atoms with Crippen LogP contribution in [-0.2, 0) is 5.72 Å². The monoisotopic (exact) mass is 324 g/mol. The normalized spacial score (nSPS) is 22.7. The van der Waals surface area contributed by atoms with Crippen molar-refractivity contribution in [3.05, 3.63) is 77.5 Å². The number of aliphatic hydroxyl groups is 1. The summed E-state index contributed by atoms with van der Waals surface area (Å²) >= 11 is 5.47. The van der Waals surface area contributed by atoms with Gasteiger partial charge in [-0.05, 0) is 37.7 Å². The maximum absolute atomic E-state index is 11.6. The van der Waals surface area contributed by atoms with E-state index in [1.54, 1.807) is 0 Å². The van der Waals surface area contributed by atoms with Gasteiger partial charge in [-0.1, -0.05) is 60.7 Å². The molecule has 1 unspecified atom stereocenters.